The molecule has 1 aromatic heterocycles. The number of aromatic nitrogens is 2. The highest BCUT2D eigenvalue weighted by molar-refractivity contribution is 6.34. The predicted octanol–water partition coefficient (Wildman–Crippen LogP) is 6.91. The van der Waals surface area contributed by atoms with Gasteiger partial charge in [0.25, 0.3) is 0 Å². The molecule has 0 aliphatic heterocycles. The number of fused-ring (bicyclic) bond motifs is 1. The molecule has 0 radical (unpaired) electrons. The quantitative estimate of drug-likeness (QED) is 0.359. The first kappa shape index (κ1) is 26.7. The minimum Gasteiger partial charge on any atom is -0.365 e. The summed E-state index contributed by atoms with van der Waals surface area (Å²) in [6, 6.07) is 8.62. The Hall–Kier alpha value is -2.86. The smallest absolute Gasteiger partial charge is 0.171 e. The largest absolute Gasteiger partial charge is 0.365 e. The van der Waals surface area contributed by atoms with Gasteiger partial charge in [-0.1, -0.05) is 50.6 Å². The molecular formula is C28H33ClFN3O2. The van der Waals surface area contributed by atoms with E-state index in [2.05, 4.69) is 15.3 Å². The Balaban J connectivity index is 1.95. The second-order valence-electron chi connectivity index (χ2n) is 11.0. The third kappa shape index (κ3) is 6.43. The number of benzene rings is 2. The lowest BCUT2D eigenvalue weighted by Crippen LogP contribution is -2.27. The highest BCUT2D eigenvalue weighted by Gasteiger charge is 2.24. The van der Waals surface area contributed by atoms with E-state index in [1.54, 1.807) is 13.0 Å². The van der Waals surface area contributed by atoms with Crippen molar-refractivity contribution >= 4 is 39.9 Å². The highest BCUT2D eigenvalue weighted by Crippen LogP contribution is 2.29. The molecule has 1 heterocycles. The number of Topliss-reactive ketones (excluding diaryl/α,β-unsaturated/α-hetero) is 2. The Bertz CT molecular complexity index is 1290. The van der Waals surface area contributed by atoms with E-state index in [-0.39, 0.29) is 41.2 Å². The van der Waals surface area contributed by atoms with Crippen LogP contribution in [-0.4, -0.2) is 27.1 Å². The average Bonchev–Trinajstić information content (AvgIpc) is 2.71. The summed E-state index contributed by atoms with van der Waals surface area (Å²) in [6.07, 6.45) is 0.338. The van der Waals surface area contributed by atoms with Crippen LogP contribution in [0.3, 0.4) is 0 Å². The molecule has 3 rings (SSSR count). The monoisotopic (exact) mass is 497 g/mol. The Morgan fingerprint density at radius 3 is 2.31 bits per heavy atom. The van der Waals surface area contributed by atoms with Crippen molar-refractivity contribution in [1.29, 1.82) is 0 Å². The molecule has 7 heteroatoms. The van der Waals surface area contributed by atoms with Crippen molar-refractivity contribution in [2.75, 3.05) is 5.32 Å². The molecule has 0 atom stereocenters. The number of anilines is 1. The average molecular weight is 498 g/mol. The van der Waals surface area contributed by atoms with Crippen LogP contribution in [0.4, 0.5) is 10.2 Å². The fraction of sp³-hybridized carbons (Fsp3) is 0.429. The number of hydrogen-bond donors (Lipinski definition) is 1. The summed E-state index contributed by atoms with van der Waals surface area (Å²) >= 11 is 6.28. The van der Waals surface area contributed by atoms with Crippen LogP contribution in [-0.2, 0) is 17.6 Å². The molecule has 3 aromatic rings. The van der Waals surface area contributed by atoms with Crippen LogP contribution in [0.2, 0.25) is 5.02 Å². The van der Waals surface area contributed by atoms with E-state index in [0.717, 1.165) is 5.39 Å². The first-order chi connectivity index (χ1) is 16.2. The van der Waals surface area contributed by atoms with E-state index >= 15 is 4.39 Å². The van der Waals surface area contributed by atoms with Crippen molar-refractivity contribution in [3.8, 4) is 0 Å². The summed E-state index contributed by atoms with van der Waals surface area (Å²) in [5.74, 6) is 0.184. The van der Waals surface area contributed by atoms with Crippen LogP contribution in [0.5, 0.6) is 0 Å². The molecule has 0 amide bonds. The highest BCUT2D eigenvalue weighted by atomic mass is 35.5. The molecule has 0 aliphatic carbocycles. The topological polar surface area (TPSA) is 72.0 Å². The van der Waals surface area contributed by atoms with Gasteiger partial charge in [-0.15, -0.1) is 0 Å². The van der Waals surface area contributed by atoms with Gasteiger partial charge in [0, 0.05) is 29.2 Å². The third-order valence-electron chi connectivity index (χ3n) is 5.67. The Kier molecular flexibility index (Phi) is 7.65. The van der Waals surface area contributed by atoms with Crippen molar-refractivity contribution in [1.82, 2.24) is 9.97 Å². The van der Waals surface area contributed by atoms with Crippen LogP contribution < -0.4 is 5.32 Å². The Morgan fingerprint density at radius 1 is 1.00 bits per heavy atom. The summed E-state index contributed by atoms with van der Waals surface area (Å²) < 4.78 is 15.4. The van der Waals surface area contributed by atoms with E-state index < -0.39 is 17.0 Å². The molecule has 5 nitrogen and oxygen atoms in total. The van der Waals surface area contributed by atoms with Crippen molar-refractivity contribution < 1.29 is 14.0 Å². The SMILES string of the molecule is Cc1nc(NC(C)(C)C)c2cccc(CC(=O)c3c(Cl)ccc(CCC(=O)C(C)(C)C)c3F)c2n1. The van der Waals surface area contributed by atoms with Gasteiger partial charge in [0.2, 0.25) is 0 Å². The van der Waals surface area contributed by atoms with Crippen LogP contribution in [0.15, 0.2) is 30.3 Å². The van der Waals surface area contributed by atoms with Gasteiger partial charge in [-0.2, -0.15) is 0 Å². The summed E-state index contributed by atoms with van der Waals surface area (Å²) in [5, 5.41) is 4.24. The summed E-state index contributed by atoms with van der Waals surface area (Å²) in [5.41, 5.74) is 0.746. The fourth-order valence-corrected chi connectivity index (χ4v) is 4.10. The van der Waals surface area contributed by atoms with Crippen molar-refractivity contribution in [3.05, 3.63) is 63.7 Å². The van der Waals surface area contributed by atoms with Crippen molar-refractivity contribution in [2.45, 2.75) is 73.3 Å². The zero-order valence-corrected chi connectivity index (χ0v) is 22.2. The van der Waals surface area contributed by atoms with Gasteiger partial charge in [-0.05, 0) is 57.4 Å². The van der Waals surface area contributed by atoms with Crippen molar-refractivity contribution in [3.63, 3.8) is 0 Å². The molecule has 186 valence electrons. The van der Waals surface area contributed by atoms with Gasteiger partial charge in [-0.3, -0.25) is 9.59 Å². The first-order valence-corrected chi connectivity index (χ1v) is 12.1. The minimum atomic E-state index is -0.662. The number of para-hydroxylation sites is 1. The molecular weight excluding hydrogens is 465 g/mol. The molecule has 1 N–H and O–H groups in total. The second-order valence-corrected chi connectivity index (χ2v) is 11.4. The van der Waals surface area contributed by atoms with Crippen molar-refractivity contribution in [2.24, 2.45) is 5.41 Å². The van der Waals surface area contributed by atoms with E-state index in [0.29, 0.717) is 28.3 Å². The van der Waals surface area contributed by atoms with E-state index in [1.807, 2.05) is 59.7 Å². The van der Waals surface area contributed by atoms with Crippen LogP contribution in [0, 0.1) is 18.2 Å². The third-order valence-corrected chi connectivity index (χ3v) is 5.99. The van der Waals surface area contributed by atoms with E-state index in [9.17, 15) is 9.59 Å². The van der Waals surface area contributed by atoms with Gasteiger partial charge >= 0.3 is 0 Å². The molecule has 0 fully saturated rings. The number of halogens is 2. The molecule has 0 spiro atoms. The van der Waals surface area contributed by atoms with Gasteiger partial charge in [0.05, 0.1) is 16.1 Å². The zero-order valence-electron chi connectivity index (χ0n) is 21.5. The van der Waals surface area contributed by atoms with Gasteiger partial charge < -0.3 is 5.32 Å². The Morgan fingerprint density at radius 2 is 1.69 bits per heavy atom. The molecule has 0 bridgehead atoms. The number of nitrogens with zero attached hydrogens (tertiary/aromatic N) is 2. The first-order valence-electron chi connectivity index (χ1n) is 11.7. The number of nitrogens with one attached hydrogen (secondary N) is 1. The van der Waals surface area contributed by atoms with Gasteiger partial charge in [-0.25, -0.2) is 14.4 Å². The van der Waals surface area contributed by atoms with E-state index in [1.165, 1.54) is 6.07 Å². The second kappa shape index (κ2) is 10.0. The van der Waals surface area contributed by atoms with Crippen LogP contribution >= 0.6 is 11.6 Å². The number of carbonyl (C=O) groups excluding carboxylic acids is 2. The molecule has 0 saturated carbocycles. The normalized spacial score (nSPS) is 12.1. The summed E-state index contributed by atoms with van der Waals surface area (Å²) in [7, 11) is 0. The molecule has 0 aliphatic rings. The van der Waals surface area contributed by atoms with Gasteiger partial charge in [0.15, 0.2) is 5.78 Å². The molecule has 0 unspecified atom stereocenters. The molecule has 0 saturated heterocycles. The molecule has 2 aromatic carbocycles. The number of rotatable bonds is 7. The van der Waals surface area contributed by atoms with Crippen LogP contribution in [0.25, 0.3) is 10.9 Å². The standard InChI is InChI=1S/C28H33ClFN3O2/c1-16-31-25-18(9-8-10-19(25)26(32-16)33-28(5,6)7)15-21(34)23-20(29)13-11-17(24(23)30)12-14-22(35)27(2,3)4/h8-11,13H,12,14-15H2,1-7H3,(H,31,32,33). The lowest BCUT2D eigenvalue weighted by molar-refractivity contribution is -0.126. The molecule has 35 heavy (non-hydrogen) atoms. The number of carbonyl (C=O) groups is 2. The fourth-order valence-electron chi connectivity index (χ4n) is 3.85. The maximum Gasteiger partial charge on any atom is 0.171 e. The number of hydrogen-bond acceptors (Lipinski definition) is 5. The number of aryl methyl sites for hydroxylation is 2. The lowest BCUT2D eigenvalue weighted by atomic mass is 9.87. The summed E-state index contributed by atoms with van der Waals surface area (Å²) in [6.45, 7) is 13.4. The van der Waals surface area contributed by atoms with Gasteiger partial charge in [0.1, 0.15) is 23.2 Å². The van der Waals surface area contributed by atoms with E-state index in [4.69, 9.17) is 11.6 Å². The minimum absolute atomic E-state index is 0.0326. The maximum absolute atomic E-state index is 15.4. The number of ketones is 2. The predicted molar refractivity (Wildman–Crippen MR) is 140 cm³/mol. The lowest BCUT2D eigenvalue weighted by Gasteiger charge is -2.23. The Labute approximate surface area is 211 Å². The maximum atomic E-state index is 15.4. The summed E-state index contributed by atoms with van der Waals surface area (Å²) in [4.78, 5) is 34.7. The van der Waals surface area contributed by atoms with Crippen LogP contribution in [0.1, 0.15) is 75.3 Å². The zero-order chi connectivity index (χ0) is 26.1.